The molecule has 0 amide bonds. The van der Waals surface area contributed by atoms with Gasteiger partial charge < -0.3 is 10.1 Å². The van der Waals surface area contributed by atoms with Crippen molar-refractivity contribution in [3.63, 3.8) is 0 Å². The maximum atomic E-state index is 13.9. The zero-order chi connectivity index (χ0) is 15.9. The monoisotopic (exact) mass is 317 g/mol. The SMILES string of the molecule is CCNC(C)c1ccc(OCCCS(=O)(=O)CC)c(F)c1. The lowest BCUT2D eigenvalue weighted by atomic mass is 10.1. The first-order chi connectivity index (χ1) is 9.89. The molecule has 0 saturated carbocycles. The Morgan fingerprint density at radius 2 is 2.05 bits per heavy atom. The maximum absolute atomic E-state index is 13.9. The van der Waals surface area contributed by atoms with Gasteiger partial charge in [0.2, 0.25) is 0 Å². The molecule has 0 aliphatic carbocycles. The Balaban J connectivity index is 2.53. The molecule has 0 saturated heterocycles. The van der Waals surface area contributed by atoms with Crippen LogP contribution in [0.3, 0.4) is 0 Å². The molecule has 0 bridgehead atoms. The molecule has 0 heterocycles. The number of hydrogen-bond acceptors (Lipinski definition) is 4. The van der Waals surface area contributed by atoms with E-state index in [1.807, 2.05) is 19.9 Å². The van der Waals surface area contributed by atoms with Crippen LogP contribution >= 0.6 is 0 Å². The summed E-state index contributed by atoms with van der Waals surface area (Å²) in [4.78, 5) is 0. The third-order valence-electron chi connectivity index (χ3n) is 3.26. The van der Waals surface area contributed by atoms with E-state index in [1.54, 1.807) is 13.0 Å². The van der Waals surface area contributed by atoms with E-state index >= 15 is 0 Å². The van der Waals surface area contributed by atoms with Gasteiger partial charge >= 0.3 is 0 Å². The molecule has 21 heavy (non-hydrogen) atoms. The van der Waals surface area contributed by atoms with Gasteiger partial charge in [-0.3, -0.25) is 0 Å². The number of rotatable bonds is 9. The number of nitrogens with one attached hydrogen (secondary N) is 1. The standard InChI is InChI=1S/C15H24FNO3S/c1-4-17-12(3)13-7-8-15(14(16)11-13)20-9-6-10-21(18,19)5-2/h7-8,11-12,17H,4-6,9-10H2,1-3H3. The molecular weight excluding hydrogens is 293 g/mol. The molecule has 0 aliphatic rings. The van der Waals surface area contributed by atoms with E-state index in [2.05, 4.69) is 5.32 Å². The first-order valence-corrected chi connectivity index (χ1v) is 9.07. The summed E-state index contributed by atoms with van der Waals surface area (Å²) in [5.74, 6) is -0.0640. The highest BCUT2D eigenvalue weighted by atomic mass is 32.2. The van der Waals surface area contributed by atoms with Crippen molar-refractivity contribution in [3.8, 4) is 5.75 Å². The Kier molecular flexibility index (Phi) is 7.11. The topological polar surface area (TPSA) is 55.4 Å². The molecule has 1 aromatic rings. The van der Waals surface area contributed by atoms with E-state index in [1.165, 1.54) is 6.07 Å². The van der Waals surface area contributed by atoms with Crippen molar-refractivity contribution in [1.29, 1.82) is 0 Å². The molecule has 1 aromatic carbocycles. The van der Waals surface area contributed by atoms with Crippen molar-refractivity contribution in [2.75, 3.05) is 24.7 Å². The van der Waals surface area contributed by atoms with Crippen LogP contribution in [0.15, 0.2) is 18.2 Å². The summed E-state index contributed by atoms with van der Waals surface area (Å²) in [6.07, 6.45) is 0.366. The number of hydrogen-bond donors (Lipinski definition) is 1. The second-order valence-corrected chi connectivity index (χ2v) is 7.38. The lowest BCUT2D eigenvalue weighted by molar-refractivity contribution is 0.301. The van der Waals surface area contributed by atoms with Crippen LogP contribution in [0.2, 0.25) is 0 Å². The van der Waals surface area contributed by atoms with Crippen molar-refractivity contribution in [2.45, 2.75) is 33.2 Å². The number of halogens is 1. The summed E-state index contributed by atoms with van der Waals surface area (Å²) in [7, 11) is -2.99. The van der Waals surface area contributed by atoms with Crippen LogP contribution < -0.4 is 10.1 Å². The van der Waals surface area contributed by atoms with Crippen molar-refractivity contribution in [1.82, 2.24) is 5.32 Å². The summed E-state index contributed by atoms with van der Waals surface area (Å²) < 4.78 is 41.9. The van der Waals surface area contributed by atoms with Crippen LogP contribution in [0.4, 0.5) is 4.39 Å². The summed E-state index contributed by atoms with van der Waals surface area (Å²) in [5, 5.41) is 3.21. The van der Waals surface area contributed by atoms with E-state index in [0.717, 1.165) is 12.1 Å². The largest absolute Gasteiger partial charge is 0.490 e. The molecular formula is C15H24FNO3S. The van der Waals surface area contributed by atoms with E-state index in [4.69, 9.17) is 4.74 Å². The molecule has 1 rings (SSSR count). The Morgan fingerprint density at radius 1 is 1.33 bits per heavy atom. The van der Waals surface area contributed by atoms with Gasteiger partial charge in [-0.05, 0) is 37.6 Å². The fourth-order valence-electron chi connectivity index (χ4n) is 1.93. The van der Waals surface area contributed by atoms with E-state index in [0.29, 0.717) is 6.42 Å². The van der Waals surface area contributed by atoms with Gasteiger partial charge in [0, 0.05) is 11.8 Å². The van der Waals surface area contributed by atoms with E-state index in [-0.39, 0.29) is 29.9 Å². The maximum Gasteiger partial charge on any atom is 0.165 e. The molecule has 1 unspecified atom stereocenters. The highest BCUT2D eigenvalue weighted by Crippen LogP contribution is 2.22. The average Bonchev–Trinajstić information content (AvgIpc) is 2.45. The lowest BCUT2D eigenvalue weighted by Crippen LogP contribution is -2.17. The molecule has 6 heteroatoms. The predicted molar refractivity (Wildman–Crippen MR) is 82.9 cm³/mol. The third kappa shape index (κ3) is 6.01. The fraction of sp³-hybridized carbons (Fsp3) is 0.600. The zero-order valence-corrected chi connectivity index (χ0v) is 13.7. The molecule has 0 spiro atoms. The smallest absolute Gasteiger partial charge is 0.165 e. The van der Waals surface area contributed by atoms with Crippen LogP contribution in [0.5, 0.6) is 5.75 Å². The number of ether oxygens (including phenoxy) is 1. The first kappa shape index (κ1) is 17.9. The van der Waals surface area contributed by atoms with Crippen molar-refractivity contribution >= 4 is 9.84 Å². The highest BCUT2D eigenvalue weighted by molar-refractivity contribution is 7.91. The normalized spacial score (nSPS) is 13.1. The van der Waals surface area contributed by atoms with Gasteiger partial charge in [-0.2, -0.15) is 0 Å². The van der Waals surface area contributed by atoms with Gasteiger partial charge in [0.15, 0.2) is 11.6 Å². The quantitative estimate of drug-likeness (QED) is 0.712. The van der Waals surface area contributed by atoms with Crippen LogP contribution in [-0.4, -0.2) is 33.1 Å². The molecule has 120 valence electrons. The molecule has 0 aromatic heterocycles. The van der Waals surface area contributed by atoms with Gasteiger partial charge in [0.25, 0.3) is 0 Å². The van der Waals surface area contributed by atoms with Crippen molar-refractivity contribution in [3.05, 3.63) is 29.6 Å². The summed E-state index contributed by atoms with van der Waals surface area (Å²) in [5.41, 5.74) is 0.857. The molecule has 4 nitrogen and oxygen atoms in total. The highest BCUT2D eigenvalue weighted by Gasteiger charge is 2.10. The predicted octanol–water partition coefficient (Wildman–Crippen LogP) is 2.70. The minimum Gasteiger partial charge on any atom is -0.490 e. The lowest BCUT2D eigenvalue weighted by Gasteiger charge is -2.14. The Morgan fingerprint density at radius 3 is 2.62 bits per heavy atom. The molecule has 0 radical (unpaired) electrons. The van der Waals surface area contributed by atoms with Crippen LogP contribution in [-0.2, 0) is 9.84 Å². The number of benzene rings is 1. The second-order valence-electron chi connectivity index (χ2n) is 4.91. The van der Waals surface area contributed by atoms with Crippen molar-refractivity contribution < 1.29 is 17.5 Å². The molecule has 1 N–H and O–H groups in total. The minimum absolute atomic E-state index is 0.0701. The Labute approximate surface area is 126 Å². The molecule has 1 atom stereocenters. The Hall–Kier alpha value is -1.14. The van der Waals surface area contributed by atoms with Gasteiger partial charge in [-0.25, -0.2) is 12.8 Å². The first-order valence-electron chi connectivity index (χ1n) is 7.25. The number of sulfone groups is 1. The zero-order valence-electron chi connectivity index (χ0n) is 12.9. The second kappa shape index (κ2) is 8.34. The van der Waals surface area contributed by atoms with Gasteiger partial charge in [0.05, 0.1) is 12.4 Å². The summed E-state index contributed by atoms with van der Waals surface area (Å²) in [6.45, 7) is 6.58. The molecule has 0 aliphatic heterocycles. The van der Waals surface area contributed by atoms with Gasteiger partial charge in [-0.1, -0.05) is 19.9 Å². The Bertz CT molecular complexity index is 546. The third-order valence-corrected chi connectivity index (χ3v) is 5.05. The van der Waals surface area contributed by atoms with Gasteiger partial charge in [-0.15, -0.1) is 0 Å². The summed E-state index contributed by atoms with van der Waals surface area (Å²) in [6, 6.07) is 4.93. The van der Waals surface area contributed by atoms with Gasteiger partial charge in [0.1, 0.15) is 9.84 Å². The fourth-order valence-corrected chi connectivity index (χ4v) is 2.78. The van der Waals surface area contributed by atoms with Crippen LogP contribution in [0.25, 0.3) is 0 Å². The van der Waals surface area contributed by atoms with E-state index in [9.17, 15) is 12.8 Å². The van der Waals surface area contributed by atoms with Crippen molar-refractivity contribution in [2.24, 2.45) is 0 Å². The van der Waals surface area contributed by atoms with Crippen LogP contribution in [0.1, 0.15) is 38.8 Å². The minimum atomic E-state index is -2.99. The summed E-state index contributed by atoms with van der Waals surface area (Å²) >= 11 is 0. The van der Waals surface area contributed by atoms with E-state index < -0.39 is 15.7 Å². The average molecular weight is 317 g/mol. The molecule has 0 fully saturated rings. The van der Waals surface area contributed by atoms with Crippen LogP contribution in [0, 0.1) is 5.82 Å².